The number of benzene rings is 3. The quantitative estimate of drug-likeness (QED) is 0.263. The van der Waals surface area contributed by atoms with E-state index < -0.39 is 28.9 Å². The first-order valence-electron chi connectivity index (χ1n) is 14.0. The van der Waals surface area contributed by atoms with Crippen LogP contribution >= 0.6 is 0 Å². The Morgan fingerprint density at radius 2 is 1.78 bits per heavy atom. The van der Waals surface area contributed by atoms with E-state index in [1.165, 1.54) is 7.11 Å². The molecule has 2 heterocycles. The van der Waals surface area contributed by atoms with E-state index in [1.54, 1.807) is 6.20 Å². The Bertz CT molecular complexity index is 1630. The molecule has 41 heavy (non-hydrogen) atoms. The number of nitrogens with one attached hydrogen (secondary N) is 1. The van der Waals surface area contributed by atoms with Gasteiger partial charge in [-0.25, -0.2) is 4.98 Å². The van der Waals surface area contributed by atoms with Crippen molar-refractivity contribution in [1.82, 2.24) is 14.9 Å². The fourth-order valence-corrected chi connectivity index (χ4v) is 7.17. The van der Waals surface area contributed by atoms with E-state index in [9.17, 15) is 4.79 Å². The van der Waals surface area contributed by atoms with Crippen LogP contribution in [0.25, 0.3) is 0 Å². The Kier molecular flexibility index (Phi) is 6.57. The molecule has 0 spiro atoms. The number of Topliss-reactive ketones (excluding diaryl/α,β-unsaturated/α-hetero) is 1. The Morgan fingerprint density at radius 1 is 1.05 bits per heavy atom. The minimum absolute atomic E-state index is 0.246. The molecule has 1 aliphatic carbocycles. The van der Waals surface area contributed by atoms with Crippen LogP contribution in [-0.2, 0) is 38.9 Å². The second kappa shape index (κ2) is 10.00. The van der Waals surface area contributed by atoms with E-state index in [0.717, 1.165) is 39.2 Å². The molecule has 1 aromatic heterocycles. The largest absolute Gasteiger partial charge is 0.479 e. The van der Waals surface area contributed by atoms with E-state index >= 15 is 4.79 Å². The van der Waals surface area contributed by atoms with Gasteiger partial charge in [0.2, 0.25) is 0 Å². The standard InChI is InChI=1S/C34H35N3O4/c1-21-11-13-25(14-12-21)34-30(24-9-7-6-8-10-24)28(32(39)40-5)31(38)33(34,36-16-15-27-35-17-18-37(27)4)29-23(3)19-22(2)20-26(29)41-34/h6-14,17-20,28,30,36H,15-16H2,1-5H3/t28-,30-,33+,34+/m1/s1. The Morgan fingerprint density at radius 3 is 2.44 bits per heavy atom. The van der Waals surface area contributed by atoms with Crippen molar-refractivity contribution in [3.63, 3.8) is 0 Å². The van der Waals surface area contributed by atoms with Gasteiger partial charge in [-0.05, 0) is 49.1 Å². The number of imidazole rings is 1. The third kappa shape index (κ3) is 3.86. The smallest absolute Gasteiger partial charge is 0.317 e. The summed E-state index contributed by atoms with van der Waals surface area (Å²) in [5.41, 5.74) is 2.88. The molecule has 0 radical (unpaired) electrons. The molecular formula is C34H35N3O4. The van der Waals surface area contributed by atoms with Crippen molar-refractivity contribution >= 4 is 11.8 Å². The van der Waals surface area contributed by atoms with Crippen molar-refractivity contribution in [3.8, 4) is 5.75 Å². The molecule has 7 heteroatoms. The number of nitrogens with zero attached hydrogens (tertiary/aromatic N) is 2. The predicted molar refractivity (Wildman–Crippen MR) is 156 cm³/mol. The van der Waals surface area contributed by atoms with Gasteiger partial charge in [0.05, 0.1) is 13.0 Å². The van der Waals surface area contributed by atoms with Crippen LogP contribution in [0, 0.1) is 26.7 Å². The SMILES string of the molecule is COC(=O)[C@H]1C(=O)[C@@]2(NCCc3nccn3C)c3c(C)cc(C)cc3O[C@@]2(c2ccc(C)cc2)[C@@H]1c1ccccc1. The summed E-state index contributed by atoms with van der Waals surface area (Å²) in [6, 6.07) is 21.9. The molecule has 0 saturated heterocycles. The number of carbonyl (C=O) groups is 2. The fraction of sp³-hybridized carbons (Fsp3) is 0.324. The van der Waals surface area contributed by atoms with Crippen molar-refractivity contribution in [2.45, 2.75) is 44.2 Å². The lowest BCUT2D eigenvalue weighted by Crippen LogP contribution is -2.60. The molecule has 2 aliphatic rings. The summed E-state index contributed by atoms with van der Waals surface area (Å²) in [7, 11) is 3.30. The number of rotatable bonds is 7. The highest BCUT2D eigenvalue weighted by Crippen LogP contribution is 2.67. The van der Waals surface area contributed by atoms with Crippen LogP contribution in [0.3, 0.4) is 0 Å². The molecule has 7 nitrogen and oxygen atoms in total. The van der Waals surface area contributed by atoms with Gasteiger partial charge in [-0.3, -0.25) is 14.9 Å². The lowest BCUT2D eigenvalue weighted by molar-refractivity contribution is -0.149. The van der Waals surface area contributed by atoms with Gasteiger partial charge < -0.3 is 14.0 Å². The monoisotopic (exact) mass is 549 g/mol. The lowest BCUT2D eigenvalue weighted by atomic mass is 9.68. The van der Waals surface area contributed by atoms with Gasteiger partial charge in [-0.2, -0.15) is 0 Å². The highest BCUT2D eigenvalue weighted by atomic mass is 16.5. The van der Waals surface area contributed by atoms with Gasteiger partial charge in [0.15, 0.2) is 16.9 Å². The maximum absolute atomic E-state index is 15.1. The van der Waals surface area contributed by atoms with Gasteiger partial charge >= 0.3 is 5.97 Å². The van der Waals surface area contributed by atoms with Gasteiger partial charge in [-0.15, -0.1) is 0 Å². The highest BCUT2D eigenvalue weighted by Gasteiger charge is 2.78. The molecule has 1 aliphatic heterocycles. The first-order chi connectivity index (χ1) is 19.7. The molecule has 0 unspecified atom stereocenters. The number of ether oxygens (including phenoxy) is 2. The second-order valence-electron chi connectivity index (χ2n) is 11.3. The summed E-state index contributed by atoms with van der Waals surface area (Å²) in [6.07, 6.45) is 4.26. The first-order valence-corrected chi connectivity index (χ1v) is 14.0. The molecule has 0 amide bonds. The summed E-state index contributed by atoms with van der Waals surface area (Å²) >= 11 is 0. The molecule has 4 aromatic rings. The maximum atomic E-state index is 15.1. The molecule has 4 atom stereocenters. The number of hydrogen-bond donors (Lipinski definition) is 1. The van der Waals surface area contributed by atoms with Crippen LogP contribution in [0.15, 0.2) is 79.1 Å². The number of aromatic nitrogens is 2. The summed E-state index contributed by atoms with van der Waals surface area (Å²) < 4.78 is 14.5. The molecule has 1 fully saturated rings. The molecule has 3 aromatic carbocycles. The number of ketones is 1. The summed E-state index contributed by atoms with van der Waals surface area (Å²) in [5.74, 6) is -0.999. The average Bonchev–Trinajstić information content (AvgIpc) is 3.56. The van der Waals surface area contributed by atoms with Crippen molar-refractivity contribution in [2.24, 2.45) is 13.0 Å². The van der Waals surface area contributed by atoms with Crippen LogP contribution in [0.2, 0.25) is 0 Å². The van der Waals surface area contributed by atoms with Crippen LogP contribution in [0.4, 0.5) is 0 Å². The third-order valence-electron chi connectivity index (χ3n) is 8.82. The number of fused-ring (bicyclic) bond motifs is 3. The van der Waals surface area contributed by atoms with E-state index in [-0.39, 0.29) is 5.78 Å². The molecular weight excluding hydrogens is 514 g/mol. The second-order valence-corrected chi connectivity index (χ2v) is 11.3. The molecule has 6 rings (SSSR count). The summed E-state index contributed by atoms with van der Waals surface area (Å²) in [6.45, 7) is 6.51. The van der Waals surface area contributed by atoms with Crippen LogP contribution in [-0.4, -0.2) is 35.0 Å². The zero-order valence-electron chi connectivity index (χ0n) is 24.1. The fourth-order valence-electron chi connectivity index (χ4n) is 7.17. The lowest BCUT2D eigenvalue weighted by Gasteiger charge is -2.43. The number of aryl methyl sites for hydroxylation is 4. The zero-order chi connectivity index (χ0) is 28.9. The molecule has 1 N–H and O–H groups in total. The van der Waals surface area contributed by atoms with E-state index in [1.807, 2.05) is 99.2 Å². The Hall–Kier alpha value is -4.23. The minimum atomic E-state index is -1.36. The number of methoxy groups -OCH3 is 1. The number of hydrogen-bond acceptors (Lipinski definition) is 6. The zero-order valence-corrected chi connectivity index (χ0v) is 24.1. The average molecular weight is 550 g/mol. The highest BCUT2D eigenvalue weighted by molar-refractivity contribution is 6.10. The van der Waals surface area contributed by atoms with Gasteiger partial charge in [0.1, 0.15) is 17.5 Å². The van der Waals surface area contributed by atoms with Crippen molar-refractivity contribution in [1.29, 1.82) is 0 Å². The molecule has 1 saturated carbocycles. The van der Waals surface area contributed by atoms with Crippen LogP contribution in [0.1, 0.15) is 45.1 Å². The van der Waals surface area contributed by atoms with Crippen molar-refractivity contribution < 1.29 is 19.1 Å². The molecule has 0 bridgehead atoms. The first kappa shape index (κ1) is 27.0. The number of esters is 1. The minimum Gasteiger partial charge on any atom is -0.479 e. The van der Waals surface area contributed by atoms with Crippen LogP contribution < -0.4 is 10.1 Å². The predicted octanol–water partition coefficient (Wildman–Crippen LogP) is 4.82. The van der Waals surface area contributed by atoms with E-state index in [4.69, 9.17) is 9.47 Å². The van der Waals surface area contributed by atoms with E-state index in [2.05, 4.69) is 16.4 Å². The molecule has 210 valence electrons. The van der Waals surface area contributed by atoms with Gasteiger partial charge in [0.25, 0.3) is 0 Å². The summed E-state index contributed by atoms with van der Waals surface area (Å²) in [5, 5.41) is 3.72. The van der Waals surface area contributed by atoms with Gasteiger partial charge in [0, 0.05) is 38.0 Å². The van der Waals surface area contributed by atoms with Gasteiger partial charge in [-0.1, -0.05) is 66.2 Å². The third-order valence-corrected chi connectivity index (χ3v) is 8.82. The topological polar surface area (TPSA) is 82.5 Å². The normalized spacial score (nSPS) is 24.6. The van der Waals surface area contributed by atoms with Crippen molar-refractivity contribution in [3.05, 3.63) is 118 Å². The van der Waals surface area contributed by atoms with E-state index in [0.29, 0.717) is 18.7 Å². The number of carbonyl (C=O) groups excluding carboxylic acids is 2. The Labute approximate surface area is 240 Å². The van der Waals surface area contributed by atoms with Crippen molar-refractivity contribution in [2.75, 3.05) is 13.7 Å². The maximum Gasteiger partial charge on any atom is 0.317 e. The Balaban J connectivity index is 1.66. The van der Waals surface area contributed by atoms with Crippen LogP contribution in [0.5, 0.6) is 5.75 Å². The summed E-state index contributed by atoms with van der Waals surface area (Å²) in [4.78, 5) is 33.3.